The molecule has 0 saturated heterocycles. The molecule has 2 aromatic carbocycles. The Morgan fingerprint density at radius 3 is 2.50 bits per heavy atom. The Labute approximate surface area is 119 Å². The smallest absolute Gasteiger partial charge is 0.167 e. The molecule has 0 aliphatic rings. The molecule has 0 aliphatic carbocycles. The summed E-state index contributed by atoms with van der Waals surface area (Å²) in [5.74, 6) is 0.0956. The fourth-order valence-electron chi connectivity index (χ4n) is 1.65. The fraction of sp³-hybridized carbons (Fsp3) is 0.0667. The Morgan fingerprint density at radius 2 is 1.89 bits per heavy atom. The number of benzene rings is 2. The lowest BCUT2D eigenvalue weighted by Gasteiger charge is -2.02. The molecule has 0 N–H and O–H groups in total. The fourth-order valence-corrected chi connectivity index (χ4v) is 2.19. The molecule has 0 aromatic heterocycles. The van der Waals surface area contributed by atoms with Crippen molar-refractivity contribution in [3.05, 3.63) is 68.8 Å². The van der Waals surface area contributed by atoms with E-state index in [0.717, 1.165) is 14.7 Å². The molecular formula is C15H10INO. The van der Waals surface area contributed by atoms with Crippen molar-refractivity contribution < 1.29 is 4.79 Å². The van der Waals surface area contributed by atoms with Gasteiger partial charge in [-0.3, -0.25) is 4.79 Å². The van der Waals surface area contributed by atoms with Crippen LogP contribution in [0.15, 0.2) is 48.5 Å². The van der Waals surface area contributed by atoms with Gasteiger partial charge in [0.05, 0.1) is 11.6 Å². The molecule has 0 heterocycles. The van der Waals surface area contributed by atoms with Gasteiger partial charge in [0.15, 0.2) is 5.78 Å². The maximum atomic E-state index is 12.1. The average Bonchev–Trinajstić information content (AvgIpc) is 2.39. The van der Waals surface area contributed by atoms with Gasteiger partial charge in [-0.05, 0) is 52.4 Å². The number of carbonyl (C=O) groups excluding carboxylic acids is 1. The summed E-state index contributed by atoms with van der Waals surface area (Å²) in [5, 5.41) is 8.70. The van der Waals surface area contributed by atoms with Gasteiger partial charge in [-0.1, -0.05) is 24.3 Å². The second-order valence-electron chi connectivity index (χ2n) is 3.92. The van der Waals surface area contributed by atoms with Gasteiger partial charge >= 0.3 is 0 Å². The molecule has 0 radical (unpaired) electrons. The number of nitriles is 1. The van der Waals surface area contributed by atoms with Crippen molar-refractivity contribution in [1.82, 2.24) is 0 Å². The van der Waals surface area contributed by atoms with Crippen LogP contribution in [0.1, 0.15) is 21.5 Å². The maximum Gasteiger partial charge on any atom is 0.167 e. The van der Waals surface area contributed by atoms with Crippen LogP contribution in [0.2, 0.25) is 0 Å². The second kappa shape index (κ2) is 5.78. The first-order valence-electron chi connectivity index (χ1n) is 5.47. The summed E-state index contributed by atoms with van der Waals surface area (Å²) in [7, 11) is 0. The van der Waals surface area contributed by atoms with Crippen LogP contribution >= 0.6 is 22.6 Å². The van der Waals surface area contributed by atoms with E-state index in [-0.39, 0.29) is 5.78 Å². The van der Waals surface area contributed by atoms with Crippen molar-refractivity contribution in [2.75, 3.05) is 0 Å². The van der Waals surface area contributed by atoms with E-state index in [9.17, 15) is 4.79 Å². The van der Waals surface area contributed by atoms with E-state index >= 15 is 0 Å². The van der Waals surface area contributed by atoms with Gasteiger partial charge < -0.3 is 0 Å². The molecular weight excluding hydrogens is 337 g/mol. The highest BCUT2D eigenvalue weighted by atomic mass is 127. The molecule has 0 unspecified atom stereocenters. The second-order valence-corrected chi connectivity index (χ2v) is 5.16. The van der Waals surface area contributed by atoms with Crippen LogP contribution in [-0.4, -0.2) is 5.78 Å². The van der Waals surface area contributed by atoms with Gasteiger partial charge in [-0.25, -0.2) is 0 Å². The minimum absolute atomic E-state index is 0.0956. The van der Waals surface area contributed by atoms with Crippen LogP contribution in [0, 0.1) is 14.9 Å². The lowest BCUT2D eigenvalue weighted by atomic mass is 10.0. The van der Waals surface area contributed by atoms with Crippen molar-refractivity contribution in [3.63, 3.8) is 0 Å². The van der Waals surface area contributed by atoms with Crippen molar-refractivity contribution >= 4 is 28.4 Å². The number of hydrogen-bond acceptors (Lipinski definition) is 2. The molecule has 2 rings (SSSR count). The van der Waals surface area contributed by atoms with E-state index in [0.29, 0.717) is 12.0 Å². The van der Waals surface area contributed by atoms with E-state index in [2.05, 4.69) is 28.7 Å². The molecule has 0 atom stereocenters. The normalized spacial score (nSPS) is 9.78. The molecule has 88 valence electrons. The van der Waals surface area contributed by atoms with E-state index in [1.165, 1.54) is 0 Å². The van der Waals surface area contributed by atoms with Crippen LogP contribution < -0.4 is 0 Å². The Balaban J connectivity index is 2.14. The maximum absolute atomic E-state index is 12.1. The molecule has 0 aliphatic heterocycles. The van der Waals surface area contributed by atoms with Crippen LogP contribution in [0.5, 0.6) is 0 Å². The van der Waals surface area contributed by atoms with Crippen LogP contribution in [0.3, 0.4) is 0 Å². The minimum atomic E-state index is 0.0956. The highest BCUT2D eigenvalue weighted by molar-refractivity contribution is 14.1. The third kappa shape index (κ3) is 3.17. The van der Waals surface area contributed by atoms with Gasteiger partial charge in [0.1, 0.15) is 0 Å². The summed E-state index contributed by atoms with van der Waals surface area (Å²) < 4.78 is 1.05. The van der Waals surface area contributed by atoms with Crippen molar-refractivity contribution in [1.29, 1.82) is 5.26 Å². The summed E-state index contributed by atoms with van der Waals surface area (Å²) in [6, 6.07) is 16.7. The topological polar surface area (TPSA) is 40.9 Å². The quantitative estimate of drug-likeness (QED) is 0.629. The monoisotopic (exact) mass is 347 g/mol. The number of halogens is 1. The van der Waals surface area contributed by atoms with E-state index in [1.54, 1.807) is 12.1 Å². The summed E-state index contributed by atoms with van der Waals surface area (Å²) in [6.07, 6.45) is 0.367. The number of Topliss-reactive ketones (excluding diaryl/α,β-unsaturated/α-hetero) is 1. The molecule has 0 spiro atoms. The molecule has 0 fully saturated rings. The Bertz CT molecular complexity index is 611. The lowest BCUT2D eigenvalue weighted by Crippen LogP contribution is -2.03. The standard InChI is InChI=1S/C15H10INO/c16-14-3-1-2-13(9-14)15(18)8-11-4-6-12(10-17)7-5-11/h1-7,9H,8H2. The zero-order valence-corrected chi connectivity index (χ0v) is 11.7. The number of rotatable bonds is 3. The van der Waals surface area contributed by atoms with Crippen LogP contribution in [0.25, 0.3) is 0 Å². The van der Waals surface area contributed by atoms with E-state index < -0.39 is 0 Å². The lowest BCUT2D eigenvalue weighted by molar-refractivity contribution is 0.0993. The van der Waals surface area contributed by atoms with Crippen molar-refractivity contribution in [2.24, 2.45) is 0 Å². The minimum Gasteiger partial charge on any atom is -0.294 e. The first-order chi connectivity index (χ1) is 8.69. The third-order valence-electron chi connectivity index (χ3n) is 2.59. The van der Waals surface area contributed by atoms with Gasteiger partial charge in [-0.15, -0.1) is 0 Å². The van der Waals surface area contributed by atoms with Gasteiger partial charge in [-0.2, -0.15) is 5.26 Å². The highest BCUT2D eigenvalue weighted by Crippen LogP contribution is 2.12. The zero-order valence-electron chi connectivity index (χ0n) is 9.56. The SMILES string of the molecule is N#Cc1ccc(CC(=O)c2cccc(I)c2)cc1. The number of ketones is 1. The number of nitrogens with zero attached hydrogens (tertiary/aromatic N) is 1. The van der Waals surface area contributed by atoms with Gasteiger partial charge in [0.25, 0.3) is 0 Å². The van der Waals surface area contributed by atoms with Crippen LogP contribution in [-0.2, 0) is 6.42 Å². The summed E-state index contributed by atoms with van der Waals surface area (Å²) >= 11 is 2.19. The Hall–Kier alpha value is -1.67. The predicted octanol–water partition coefficient (Wildman–Crippen LogP) is 3.59. The van der Waals surface area contributed by atoms with Gasteiger partial charge in [0.2, 0.25) is 0 Å². The first kappa shape index (κ1) is 12.8. The summed E-state index contributed by atoms with van der Waals surface area (Å²) in [6.45, 7) is 0. The summed E-state index contributed by atoms with van der Waals surface area (Å²) in [5.41, 5.74) is 2.27. The van der Waals surface area contributed by atoms with Crippen molar-refractivity contribution in [2.45, 2.75) is 6.42 Å². The molecule has 18 heavy (non-hydrogen) atoms. The zero-order chi connectivity index (χ0) is 13.0. The Morgan fingerprint density at radius 1 is 1.17 bits per heavy atom. The largest absolute Gasteiger partial charge is 0.294 e. The van der Waals surface area contributed by atoms with E-state index in [4.69, 9.17) is 5.26 Å². The third-order valence-corrected chi connectivity index (χ3v) is 3.27. The van der Waals surface area contributed by atoms with Crippen molar-refractivity contribution in [3.8, 4) is 6.07 Å². The molecule has 2 aromatic rings. The van der Waals surface area contributed by atoms with Gasteiger partial charge in [0, 0.05) is 15.6 Å². The molecule has 0 bridgehead atoms. The predicted molar refractivity (Wildman–Crippen MR) is 78.4 cm³/mol. The average molecular weight is 347 g/mol. The Kier molecular flexibility index (Phi) is 4.11. The number of carbonyl (C=O) groups is 1. The first-order valence-corrected chi connectivity index (χ1v) is 6.55. The molecule has 3 heteroatoms. The van der Waals surface area contributed by atoms with E-state index in [1.807, 2.05) is 36.4 Å². The highest BCUT2D eigenvalue weighted by Gasteiger charge is 2.07. The summed E-state index contributed by atoms with van der Waals surface area (Å²) in [4.78, 5) is 12.1. The molecule has 2 nitrogen and oxygen atoms in total. The molecule has 0 amide bonds. The van der Waals surface area contributed by atoms with Crippen LogP contribution in [0.4, 0.5) is 0 Å². The number of hydrogen-bond donors (Lipinski definition) is 0. The molecule has 0 saturated carbocycles.